The molecule has 1 unspecified atom stereocenters. The monoisotopic (exact) mass is 396 g/mol. The number of ether oxygens (including phenoxy) is 1. The third-order valence-corrected chi connectivity index (χ3v) is 6.34. The van der Waals surface area contributed by atoms with Crippen LogP contribution in [0.2, 0.25) is 0 Å². The Morgan fingerprint density at radius 3 is 2.66 bits per heavy atom. The molecule has 2 fully saturated rings. The lowest BCUT2D eigenvalue weighted by Gasteiger charge is -2.35. The van der Waals surface area contributed by atoms with Crippen molar-refractivity contribution in [2.24, 2.45) is 5.92 Å². The van der Waals surface area contributed by atoms with Crippen molar-refractivity contribution < 1.29 is 13.9 Å². The fourth-order valence-corrected chi connectivity index (χ4v) is 4.51. The van der Waals surface area contributed by atoms with E-state index in [1.165, 1.54) is 11.1 Å². The zero-order valence-electron chi connectivity index (χ0n) is 17.4. The first kappa shape index (κ1) is 20.2. The van der Waals surface area contributed by atoms with Crippen LogP contribution in [-0.2, 0) is 11.3 Å². The van der Waals surface area contributed by atoms with Crippen molar-refractivity contribution >= 4 is 5.91 Å². The van der Waals surface area contributed by atoms with Gasteiger partial charge in [0.1, 0.15) is 6.26 Å². The summed E-state index contributed by atoms with van der Waals surface area (Å²) in [6, 6.07) is 10.4. The second-order valence-corrected chi connectivity index (χ2v) is 8.50. The van der Waals surface area contributed by atoms with Gasteiger partial charge in [-0.2, -0.15) is 0 Å². The van der Waals surface area contributed by atoms with Crippen LogP contribution in [0, 0.1) is 12.8 Å². The normalized spacial score (nSPS) is 20.8. The Kier molecular flexibility index (Phi) is 6.67. The summed E-state index contributed by atoms with van der Waals surface area (Å²) < 4.78 is 10.9. The van der Waals surface area contributed by atoms with Gasteiger partial charge < -0.3 is 14.1 Å². The Morgan fingerprint density at radius 2 is 1.97 bits per heavy atom. The summed E-state index contributed by atoms with van der Waals surface area (Å²) in [4.78, 5) is 17.6. The molecule has 0 saturated carbocycles. The molecule has 4 rings (SSSR count). The van der Waals surface area contributed by atoms with Gasteiger partial charge in [0.25, 0.3) is 5.91 Å². The van der Waals surface area contributed by atoms with Crippen LogP contribution >= 0.6 is 0 Å². The summed E-state index contributed by atoms with van der Waals surface area (Å²) in [5.74, 6) is 0.608. The van der Waals surface area contributed by atoms with Crippen molar-refractivity contribution in [2.45, 2.75) is 45.3 Å². The maximum absolute atomic E-state index is 13.0. The first-order valence-electron chi connectivity index (χ1n) is 10.9. The minimum atomic E-state index is 0.0663. The maximum Gasteiger partial charge on any atom is 0.257 e. The molecule has 0 bridgehead atoms. The standard InChI is InChI=1S/C24H32N2O3/c1-19-5-2-3-6-21(19)16-25-11-8-20(9-12-25)15-26(17-23-7-4-13-29-23)24(27)22-10-14-28-18-22/h2-3,5-6,10,14,18,20,23H,4,7-9,11-13,15-17H2,1H3. The van der Waals surface area contributed by atoms with Gasteiger partial charge >= 0.3 is 0 Å². The van der Waals surface area contributed by atoms with Gasteiger partial charge in [-0.05, 0) is 68.8 Å². The highest BCUT2D eigenvalue weighted by atomic mass is 16.5. The van der Waals surface area contributed by atoms with Crippen LogP contribution in [0.4, 0.5) is 0 Å². The number of furan rings is 1. The Labute approximate surface area is 173 Å². The molecular weight excluding hydrogens is 364 g/mol. The van der Waals surface area contributed by atoms with Crippen LogP contribution < -0.4 is 0 Å². The van der Waals surface area contributed by atoms with Crippen molar-refractivity contribution in [2.75, 3.05) is 32.8 Å². The number of rotatable bonds is 7. The van der Waals surface area contributed by atoms with Gasteiger partial charge in [0.15, 0.2) is 0 Å². The van der Waals surface area contributed by atoms with Crippen molar-refractivity contribution in [1.29, 1.82) is 0 Å². The molecule has 1 amide bonds. The van der Waals surface area contributed by atoms with Crippen molar-refractivity contribution in [3.8, 4) is 0 Å². The zero-order valence-corrected chi connectivity index (χ0v) is 17.4. The molecule has 1 aromatic heterocycles. The SMILES string of the molecule is Cc1ccccc1CN1CCC(CN(CC2CCCO2)C(=O)c2ccoc2)CC1. The average molecular weight is 397 g/mol. The number of amides is 1. The van der Waals surface area contributed by atoms with Crippen LogP contribution in [0.25, 0.3) is 0 Å². The van der Waals surface area contributed by atoms with Crippen molar-refractivity contribution in [1.82, 2.24) is 9.80 Å². The molecule has 0 N–H and O–H groups in total. The van der Waals surface area contributed by atoms with Crippen molar-refractivity contribution in [3.63, 3.8) is 0 Å². The second-order valence-electron chi connectivity index (χ2n) is 8.50. The minimum Gasteiger partial charge on any atom is -0.472 e. The predicted octanol–water partition coefficient (Wildman–Crippen LogP) is 4.12. The smallest absolute Gasteiger partial charge is 0.257 e. The highest BCUT2D eigenvalue weighted by Gasteiger charge is 2.28. The van der Waals surface area contributed by atoms with E-state index in [9.17, 15) is 4.79 Å². The minimum absolute atomic E-state index is 0.0663. The number of benzene rings is 1. The molecule has 5 nitrogen and oxygen atoms in total. The number of aryl methyl sites for hydroxylation is 1. The Balaban J connectivity index is 1.33. The number of carbonyl (C=O) groups is 1. The molecule has 5 heteroatoms. The molecule has 156 valence electrons. The molecule has 0 aliphatic carbocycles. The summed E-state index contributed by atoms with van der Waals surface area (Å²) in [6.45, 7) is 7.70. The van der Waals surface area contributed by atoms with Gasteiger partial charge in [-0.25, -0.2) is 0 Å². The largest absolute Gasteiger partial charge is 0.472 e. The van der Waals surface area contributed by atoms with Gasteiger partial charge in [0, 0.05) is 26.2 Å². The maximum atomic E-state index is 13.0. The first-order chi connectivity index (χ1) is 14.2. The lowest BCUT2D eigenvalue weighted by molar-refractivity contribution is 0.0444. The van der Waals surface area contributed by atoms with Crippen LogP contribution in [0.1, 0.15) is 47.2 Å². The number of piperidine rings is 1. The average Bonchev–Trinajstić information content (AvgIpc) is 3.44. The van der Waals surface area contributed by atoms with Crippen LogP contribution in [0.3, 0.4) is 0 Å². The molecule has 2 aromatic rings. The summed E-state index contributed by atoms with van der Waals surface area (Å²) in [7, 11) is 0. The summed E-state index contributed by atoms with van der Waals surface area (Å²) in [5.41, 5.74) is 3.42. The predicted molar refractivity (Wildman–Crippen MR) is 113 cm³/mol. The van der Waals surface area contributed by atoms with Gasteiger partial charge in [-0.15, -0.1) is 0 Å². The van der Waals surface area contributed by atoms with E-state index in [0.717, 1.165) is 58.5 Å². The molecule has 2 aliphatic heterocycles. The highest BCUT2D eigenvalue weighted by molar-refractivity contribution is 5.93. The Hall–Kier alpha value is -2.11. The van der Waals surface area contributed by atoms with E-state index in [1.807, 2.05) is 4.90 Å². The highest BCUT2D eigenvalue weighted by Crippen LogP contribution is 2.23. The van der Waals surface area contributed by atoms with Crippen LogP contribution in [0.15, 0.2) is 47.3 Å². The molecular formula is C24H32N2O3. The van der Waals surface area contributed by atoms with E-state index in [2.05, 4.69) is 36.1 Å². The Morgan fingerprint density at radius 1 is 1.14 bits per heavy atom. The summed E-state index contributed by atoms with van der Waals surface area (Å²) in [5, 5.41) is 0. The number of carbonyl (C=O) groups excluding carboxylic acids is 1. The molecule has 1 atom stereocenters. The number of hydrogen-bond donors (Lipinski definition) is 0. The number of hydrogen-bond acceptors (Lipinski definition) is 4. The van der Waals surface area contributed by atoms with E-state index in [0.29, 0.717) is 18.0 Å². The summed E-state index contributed by atoms with van der Waals surface area (Å²) in [6.07, 6.45) is 7.70. The molecule has 0 radical (unpaired) electrons. The second kappa shape index (κ2) is 9.59. The number of likely N-dealkylation sites (tertiary alicyclic amines) is 1. The Bertz CT molecular complexity index is 775. The molecule has 3 heterocycles. The third kappa shape index (κ3) is 5.28. The van der Waals surface area contributed by atoms with E-state index in [-0.39, 0.29) is 12.0 Å². The fourth-order valence-electron chi connectivity index (χ4n) is 4.51. The van der Waals surface area contributed by atoms with Gasteiger partial charge in [0.2, 0.25) is 0 Å². The van der Waals surface area contributed by atoms with E-state index in [1.54, 1.807) is 18.6 Å². The molecule has 0 spiro atoms. The van der Waals surface area contributed by atoms with E-state index < -0.39 is 0 Å². The quantitative estimate of drug-likeness (QED) is 0.706. The summed E-state index contributed by atoms with van der Waals surface area (Å²) >= 11 is 0. The van der Waals surface area contributed by atoms with E-state index >= 15 is 0 Å². The molecule has 29 heavy (non-hydrogen) atoms. The van der Waals surface area contributed by atoms with Gasteiger partial charge in [-0.3, -0.25) is 9.69 Å². The third-order valence-electron chi connectivity index (χ3n) is 6.34. The van der Waals surface area contributed by atoms with Crippen molar-refractivity contribution in [3.05, 3.63) is 59.5 Å². The lowest BCUT2D eigenvalue weighted by Crippen LogP contribution is -2.43. The molecule has 2 saturated heterocycles. The van der Waals surface area contributed by atoms with E-state index in [4.69, 9.17) is 9.15 Å². The van der Waals surface area contributed by atoms with Crippen LogP contribution in [-0.4, -0.2) is 54.6 Å². The van der Waals surface area contributed by atoms with Gasteiger partial charge in [-0.1, -0.05) is 24.3 Å². The first-order valence-corrected chi connectivity index (χ1v) is 10.9. The topological polar surface area (TPSA) is 45.9 Å². The lowest BCUT2D eigenvalue weighted by atomic mass is 9.95. The molecule has 2 aliphatic rings. The zero-order chi connectivity index (χ0) is 20.1. The molecule has 1 aromatic carbocycles. The number of nitrogens with zero attached hydrogens (tertiary/aromatic N) is 2. The van der Waals surface area contributed by atoms with Gasteiger partial charge in [0.05, 0.1) is 17.9 Å². The fraction of sp³-hybridized carbons (Fsp3) is 0.542. The van der Waals surface area contributed by atoms with Crippen LogP contribution in [0.5, 0.6) is 0 Å².